The third-order valence-electron chi connectivity index (χ3n) is 3.04. The van der Waals surface area contributed by atoms with Gasteiger partial charge in [-0.1, -0.05) is 30.3 Å². The zero-order chi connectivity index (χ0) is 18.0. The Balaban J connectivity index is 2.67. The second kappa shape index (κ2) is 6.73. The zero-order valence-corrected chi connectivity index (χ0v) is 13.9. The first-order valence-electron chi connectivity index (χ1n) is 6.59. The molecule has 0 atom stereocenters. The van der Waals surface area contributed by atoms with Crippen molar-refractivity contribution in [3.8, 4) is 11.5 Å². The molecule has 24 heavy (non-hydrogen) atoms. The van der Waals surface area contributed by atoms with E-state index in [1.165, 1.54) is 12.1 Å². The highest BCUT2D eigenvalue weighted by molar-refractivity contribution is 7.89. The molecule has 128 valence electrons. The number of rotatable bonds is 6. The van der Waals surface area contributed by atoms with Gasteiger partial charge in [-0.3, -0.25) is 9.11 Å². The van der Waals surface area contributed by atoms with Crippen LogP contribution in [0.3, 0.4) is 0 Å². The minimum atomic E-state index is -4.98. The Bertz CT molecular complexity index is 977. The van der Waals surface area contributed by atoms with Crippen molar-refractivity contribution in [3.05, 3.63) is 60.7 Å². The van der Waals surface area contributed by atoms with E-state index in [0.717, 1.165) is 6.07 Å². The molecular formula is C15H14O7S2. The van der Waals surface area contributed by atoms with Gasteiger partial charge in [0, 0.05) is 0 Å². The second-order valence-corrected chi connectivity index (χ2v) is 7.48. The quantitative estimate of drug-likeness (QED) is 0.593. The van der Waals surface area contributed by atoms with Gasteiger partial charge in [0.05, 0.1) is 0 Å². The van der Waals surface area contributed by atoms with Crippen LogP contribution in [0.25, 0.3) is 0 Å². The molecule has 2 N–H and O–H groups in total. The first-order valence-corrected chi connectivity index (χ1v) is 9.47. The minimum Gasteiger partial charge on any atom is -0.456 e. The highest BCUT2D eigenvalue weighted by atomic mass is 32.2. The lowest BCUT2D eigenvalue weighted by atomic mass is 10.1. The summed E-state index contributed by atoms with van der Waals surface area (Å²) in [5.74, 6) is -0.168. The predicted octanol–water partition coefficient (Wildman–Crippen LogP) is 2.70. The Morgan fingerprint density at radius 3 is 2.12 bits per heavy atom. The zero-order valence-electron chi connectivity index (χ0n) is 12.3. The Labute approximate surface area is 139 Å². The SMILES string of the molecule is C=CCc1ccccc1Oc1cccc(S(=O)(=O)O)c1S(=O)(=O)O. The number of benzene rings is 2. The van der Waals surface area contributed by atoms with E-state index in [4.69, 9.17) is 4.74 Å². The molecule has 2 rings (SSSR count). The number of hydrogen-bond acceptors (Lipinski definition) is 5. The monoisotopic (exact) mass is 370 g/mol. The summed E-state index contributed by atoms with van der Waals surface area (Å²) in [6.07, 6.45) is 2.04. The van der Waals surface area contributed by atoms with E-state index in [-0.39, 0.29) is 5.75 Å². The maximum absolute atomic E-state index is 11.6. The second-order valence-electron chi connectivity index (χ2n) is 4.74. The van der Waals surface area contributed by atoms with Gasteiger partial charge in [0.1, 0.15) is 16.4 Å². The van der Waals surface area contributed by atoms with E-state index in [0.29, 0.717) is 12.0 Å². The van der Waals surface area contributed by atoms with E-state index < -0.39 is 35.8 Å². The lowest BCUT2D eigenvalue weighted by molar-refractivity contribution is 0.435. The van der Waals surface area contributed by atoms with Crippen LogP contribution in [0.15, 0.2) is 64.9 Å². The molecule has 0 aliphatic carbocycles. The van der Waals surface area contributed by atoms with Gasteiger partial charge in [0.2, 0.25) is 0 Å². The van der Waals surface area contributed by atoms with E-state index in [2.05, 4.69) is 6.58 Å². The molecule has 0 saturated heterocycles. The number of para-hydroxylation sites is 1. The summed E-state index contributed by atoms with van der Waals surface area (Å²) in [6.45, 7) is 3.60. The van der Waals surface area contributed by atoms with Gasteiger partial charge in [-0.05, 0) is 30.2 Å². The molecule has 2 aromatic carbocycles. The first-order chi connectivity index (χ1) is 11.1. The maximum Gasteiger partial charge on any atom is 0.299 e. The number of hydrogen-bond donors (Lipinski definition) is 2. The summed E-state index contributed by atoms with van der Waals surface area (Å²) in [6, 6.07) is 9.85. The molecule has 7 nitrogen and oxygen atoms in total. The van der Waals surface area contributed by atoms with Crippen LogP contribution in [0.4, 0.5) is 0 Å². The fourth-order valence-corrected chi connectivity index (χ4v) is 3.98. The molecule has 0 saturated carbocycles. The summed E-state index contributed by atoms with van der Waals surface area (Å²) in [5, 5.41) is 0. The Kier molecular flexibility index (Phi) is 5.09. The van der Waals surface area contributed by atoms with Gasteiger partial charge in [0.15, 0.2) is 4.90 Å². The molecule has 9 heteroatoms. The van der Waals surface area contributed by atoms with Crippen molar-refractivity contribution < 1.29 is 30.7 Å². The fraction of sp³-hybridized carbons (Fsp3) is 0.0667. The summed E-state index contributed by atoms with van der Waals surface area (Å²) < 4.78 is 70.0. The van der Waals surface area contributed by atoms with Crippen molar-refractivity contribution in [2.75, 3.05) is 0 Å². The predicted molar refractivity (Wildman–Crippen MR) is 86.5 cm³/mol. The van der Waals surface area contributed by atoms with E-state index >= 15 is 0 Å². The lowest BCUT2D eigenvalue weighted by Gasteiger charge is -2.14. The van der Waals surface area contributed by atoms with Gasteiger partial charge >= 0.3 is 0 Å². The van der Waals surface area contributed by atoms with Gasteiger partial charge in [-0.2, -0.15) is 16.8 Å². The Morgan fingerprint density at radius 1 is 0.917 bits per heavy atom. The lowest BCUT2D eigenvalue weighted by Crippen LogP contribution is -2.10. The molecular weight excluding hydrogens is 356 g/mol. The van der Waals surface area contributed by atoms with Gasteiger partial charge < -0.3 is 4.74 Å². The molecule has 0 unspecified atom stereocenters. The van der Waals surface area contributed by atoms with Gasteiger partial charge in [0.25, 0.3) is 20.2 Å². The molecule has 0 radical (unpaired) electrons. The van der Waals surface area contributed by atoms with Crippen molar-refractivity contribution in [1.29, 1.82) is 0 Å². The summed E-state index contributed by atoms with van der Waals surface area (Å²) >= 11 is 0. The summed E-state index contributed by atoms with van der Waals surface area (Å²) in [5.41, 5.74) is 0.672. The van der Waals surface area contributed by atoms with E-state index in [9.17, 15) is 25.9 Å². The van der Waals surface area contributed by atoms with Gasteiger partial charge in [-0.25, -0.2) is 0 Å². The molecule has 0 aliphatic heterocycles. The highest BCUT2D eigenvalue weighted by Gasteiger charge is 2.28. The van der Waals surface area contributed by atoms with Crippen LogP contribution in [-0.4, -0.2) is 25.9 Å². The average Bonchev–Trinajstić information content (AvgIpc) is 2.47. The molecule has 0 amide bonds. The number of ether oxygens (including phenoxy) is 1. The maximum atomic E-state index is 11.6. The van der Waals surface area contributed by atoms with Crippen LogP contribution in [-0.2, 0) is 26.7 Å². The van der Waals surface area contributed by atoms with Crippen molar-refractivity contribution in [2.24, 2.45) is 0 Å². The average molecular weight is 370 g/mol. The Hall–Kier alpha value is -2.20. The van der Waals surface area contributed by atoms with Crippen LogP contribution in [0, 0.1) is 0 Å². The molecule has 0 bridgehead atoms. The molecule has 0 heterocycles. The molecule has 0 aliphatic rings. The molecule has 0 fully saturated rings. The topological polar surface area (TPSA) is 118 Å². The van der Waals surface area contributed by atoms with E-state index in [1.54, 1.807) is 30.3 Å². The summed E-state index contributed by atoms with van der Waals surface area (Å²) in [7, 11) is -9.86. The van der Waals surface area contributed by atoms with E-state index in [1.807, 2.05) is 0 Å². The van der Waals surface area contributed by atoms with Crippen molar-refractivity contribution in [1.82, 2.24) is 0 Å². The normalized spacial score (nSPS) is 11.9. The first kappa shape index (κ1) is 18.1. The van der Waals surface area contributed by atoms with Crippen molar-refractivity contribution >= 4 is 20.2 Å². The molecule has 2 aromatic rings. The number of allylic oxidation sites excluding steroid dienone is 1. The van der Waals surface area contributed by atoms with Crippen LogP contribution >= 0.6 is 0 Å². The van der Waals surface area contributed by atoms with Crippen LogP contribution in [0.2, 0.25) is 0 Å². The van der Waals surface area contributed by atoms with Gasteiger partial charge in [-0.15, -0.1) is 6.58 Å². The highest BCUT2D eigenvalue weighted by Crippen LogP contribution is 2.35. The fourth-order valence-electron chi connectivity index (χ4n) is 2.08. The van der Waals surface area contributed by atoms with Crippen molar-refractivity contribution in [3.63, 3.8) is 0 Å². The third-order valence-corrected chi connectivity index (χ3v) is 5.00. The summed E-state index contributed by atoms with van der Waals surface area (Å²) in [4.78, 5) is -2.00. The Morgan fingerprint density at radius 2 is 1.54 bits per heavy atom. The largest absolute Gasteiger partial charge is 0.456 e. The van der Waals surface area contributed by atoms with Crippen molar-refractivity contribution in [2.45, 2.75) is 16.2 Å². The molecule has 0 spiro atoms. The van der Waals surface area contributed by atoms with Crippen LogP contribution in [0.5, 0.6) is 11.5 Å². The van der Waals surface area contributed by atoms with Crippen LogP contribution in [0.1, 0.15) is 5.56 Å². The smallest absolute Gasteiger partial charge is 0.299 e. The third kappa shape index (κ3) is 4.01. The molecule has 0 aromatic heterocycles. The minimum absolute atomic E-state index is 0.259. The van der Waals surface area contributed by atoms with Crippen LogP contribution < -0.4 is 4.74 Å². The standard InChI is InChI=1S/C15H14O7S2/c1-2-6-11-7-3-4-8-12(11)22-13-9-5-10-14(23(16,17)18)15(13)24(19,20)21/h2-5,7-10H,1,6H2,(H,16,17,18)(H,19,20,21).